The number of nitrogens with zero attached hydrogens (tertiary/aromatic N) is 2. The number of ether oxygens (including phenoxy) is 2. The lowest BCUT2D eigenvalue weighted by Crippen LogP contribution is -2.57. The topological polar surface area (TPSA) is 101 Å². The van der Waals surface area contributed by atoms with Crippen LogP contribution in [0.15, 0.2) is 24.4 Å². The Bertz CT molecular complexity index is 627. The summed E-state index contributed by atoms with van der Waals surface area (Å²) in [5.74, 6) is -0.299. The van der Waals surface area contributed by atoms with Gasteiger partial charge < -0.3 is 24.8 Å². The van der Waals surface area contributed by atoms with Crippen LogP contribution in [-0.4, -0.2) is 78.0 Å². The number of fused-ring (bicyclic) bond motifs is 1. The molecule has 0 aliphatic carbocycles. The zero-order valence-corrected chi connectivity index (χ0v) is 14.8. The number of pyridine rings is 1. The molecule has 3 heterocycles. The Balaban J connectivity index is 1.77. The SMILES string of the molecule is CNC(=O)C[C@@H]1CC[C@@H]2[C@H](COC[C@H](O)CN2C(=O)c2ccccn2)O1. The molecule has 0 saturated carbocycles. The molecule has 8 nitrogen and oxygen atoms in total. The summed E-state index contributed by atoms with van der Waals surface area (Å²) in [4.78, 5) is 30.4. The summed E-state index contributed by atoms with van der Waals surface area (Å²) in [5, 5.41) is 12.7. The van der Waals surface area contributed by atoms with Crippen molar-refractivity contribution in [3.8, 4) is 0 Å². The summed E-state index contributed by atoms with van der Waals surface area (Å²) in [6.45, 7) is 0.580. The molecule has 2 aliphatic rings. The fourth-order valence-corrected chi connectivity index (χ4v) is 3.52. The average Bonchev–Trinajstić information content (AvgIpc) is 2.65. The van der Waals surface area contributed by atoms with E-state index in [1.54, 1.807) is 36.3 Å². The van der Waals surface area contributed by atoms with E-state index in [0.29, 0.717) is 18.5 Å². The molecular formula is C18H25N3O5. The van der Waals surface area contributed by atoms with Gasteiger partial charge in [-0.1, -0.05) is 6.07 Å². The van der Waals surface area contributed by atoms with Crippen molar-refractivity contribution < 1.29 is 24.2 Å². The number of rotatable bonds is 3. The van der Waals surface area contributed by atoms with E-state index in [9.17, 15) is 14.7 Å². The van der Waals surface area contributed by atoms with Crippen molar-refractivity contribution in [2.75, 3.05) is 26.8 Å². The van der Waals surface area contributed by atoms with E-state index in [-0.39, 0.29) is 56.2 Å². The Morgan fingerprint density at radius 1 is 1.35 bits per heavy atom. The highest BCUT2D eigenvalue weighted by Crippen LogP contribution is 2.28. The van der Waals surface area contributed by atoms with Gasteiger partial charge in [0.1, 0.15) is 11.8 Å². The van der Waals surface area contributed by atoms with Crippen molar-refractivity contribution >= 4 is 11.8 Å². The first kappa shape index (κ1) is 18.8. The van der Waals surface area contributed by atoms with Crippen molar-refractivity contribution in [1.82, 2.24) is 15.2 Å². The first-order valence-electron chi connectivity index (χ1n) is 8.92. The lowest BCUT2D eigenvalue weighted by molar-refractivity contribution is -0.150. The highest BCUT2D eigenvalue weighted by atomic mass is 16.5. The lowest BCUT2D eigenvalue weighted by atomic mass is 9.94. The quantitative estimate of drug-likeness (QED) is 0.782. The first-order valence-corrected chi connectivity index (χ1v) is 8.92. The van der Waals surface area contributed by atoms with Gasteiger partial charge in [-0.25, -0.2) is 0 Å². The second-order valence-corrected chi connectivity index (χ2v) is 6.68. The van der Waals surface area contributed by atoms with E-state index in [1.807, 2.05) is 0 Å². The average molecular weight is 363 g/mol. The molecule has 0 radical (unpaired) electrons. The molecule has 1 aromatic heterocycles. The number of carbonyl (C=O) groups excluding carboxylic acids is 2. The second-order valence-electron chi connectivity index (χ2n) is 6.68. The Labute approximate surface area is 152 Å². The van der Waals surface area contributed by atoms with Crippen molar-refractivity contribution in [3.05, 3.63) is 30.1 Å². The van der Waals surface area contributed by atoms with Crippen LogP contribution in [0.1, 0.15) is 29.8 Å². The molecule has 8 heteroatoms. The number of aromatic nitrogens is 1. The minimum Gasteiger partial charge on any atom is -0.389 e. The summed E-state index contributed by atoms with van der Waals surface area (Å²) >= 11 is 0. The molecule has 3 rings (SSSR count). The van der Waals surface area contributed by atoms with E-state index in [1.165, 1.54) is 0 Å². The van der Waals surface area contributed by atoms with Gasteiger partial charge in [-0.3, -0.25) is 14.6 Å². The van der Waals surface area contributed by atoms with Crippen LogP contribution in [0.2, 0.25) is 0 Å². The van der Waals surface area contributed by atoms with E-state index in [4.69, 9.17) is 9.47 Å². The van der Waals surface area contributed by atoms with E-state index < -0.39 is 6.10 Å². The molecule has 2 N–H and O–H groups in total. The van der Waals surface area contributed by atoms with Crippen LogP contribution in [0.3, 0.4) is 0 Å². The molecule has 0 spiro atoms. The first-order chi connectivity index (χ1) is 12.6. The number of aliphatic hydroxyl groups excluding tert-OH is 1. The van der Waals surface area contributed by atoms with Crippen LogP contribution < -0.4 is 5.32 Å². The highest BCUT2D eigenvalue weighted by Gasteiger charge is 2.40. The number of hydrogen-bond acceptors (Lipinski definition) is 6. The molecule has 0 aromatic carbocycles. The van der Waals surface area contributed by atoms with Crippen molar-refractivity contribution in [2.24, 2.45) is 0 Å². The summed E-state index contributed by atoms with van der Waals surface area (Å²) in [5.41, 5.74) is 0.340. The number of hydrogen-bond donors (Lipinski definition) is 2. The summed E-state index contributed by atoms with van der Waals surface area (Å²) in [7, 11) is 1.60. The van der Waals surface area contributed by atoms with Crippen LogP contribution in [0.25, 0.3) is 0 Å². The van der Waals surface area contributed by atoms with Gasteiger partial charge in [-0.05, 0) is 25.0 Å². The minimum absolute atomic E-state index is 0.0722. The van der Waals surface area contributed by atoms with Gasteiger partial charge in [0.15, 0.2) is 0 Å². The molecule has 2 amide bonds. The molecule has 0 unspecified atom stereocenters. The Kier molecular flexibility index (Phi) is 6.18. The monoisotopic (exact) mass is 363 g/mol. The lowest BCUT2D eigenvalue weighted by Gasteiger charge is -2.44. The van der Waals surface area contributed by atoms with Gasteiger partial charge >= 0.3 is 0 Å². The molecule has 1 aromatic rings. The third-order valence-corrected chi connectivity index (χ3v) is 4.82. The molecule has 2 saturated heterocycles. The fourth-order valence-electron chi connectivity index (χ4n) is 3.52. The van der Waals surface area contributed by atoms with E-state index in [2.05, 4.69) is 10.3 Å². The number of β-amino-alcohol motifs (C(OH)–C–C–N with tert-alkyl or cyclic N) is 1. The third kappa shape index (κ3) is 4.38. The van der Waals surface area contributed by atoms with Gasteiger partial charge in [0, 0.05) is 19.8 Å². The van der Waals surface area contributed by atoms with Crippen LogP contribution in [0.4, 0.5) is 0 Å². The molecule has 0 bridgehead atoms. The predicted molar refractivity (Wildman–Crippen MR) is 92.5 cm³/mol. The summed E-state index contributed by atoms with van der Waals surface area (Å²) in [6, 6.07) is 4.96. The Hall–Kier alpha value is -2.03. The number of amides is 2. The van der Waals surface area contributed by atoms with Crippen molar-refractivity contribution in [1.29, 1.82) is 0 Å². The number of aliphatic hydroxyl groups is 1. The molecular weight excluding hydrogens is 338 g/mol. The van der Waals surface area contributed by atoms with Crippen LogP contribution >= 0.6 is 0 Å². The maximum atomic E-state index is 13.0. The predicted octanol–water partition coefficient (Wildman–Crippen LogP) is -0.0328. The Morgan fingerprint density at radius 3 is 2.92 bits per heavy atom. The summed E-state index contributed by atoms with van der Waals surface area (Å²) in [6.07, 6.45) is 1.92. The largest absolute Gasteiger partial charge is 0.389 e. The highest BCUT2D eigenvalue weighted by molar-refractivity contribution is 5.92. The molecule has 2 fully saturated rings. The maximum absolute atomic E-state index is 13.0. The van der Waals surface area contributed by atoms with Gasteiger partial charge in [0.2, 0.25) is 5.91 Å². The standard InChI is InChI=1S/C18H25N3O5/c1-19-17(23)8-13-5-6-15-16(26-13)11-25-10-12(22)9-21(15)18(24)14-4-2-3-7-20-14/h2-4,7,12-13,15-16,22H,5-6,8-11H2,1H3,(H,19,23)/t12-,13+,15-,16+/m1/s1. The van der Waals surface area contributed by atoms with Gasteiger partial charge in [0.25, 0.3) is 5.91 Å². The second kappa shape index (κ2) is 8.57. The zero-order valence-electron chi connectivity index (χ0n) is 14.8. The van der Waals surface area contributed by atoms with E-state index in [0.717, 1.165) is 0 Å². The third-order valence-electron chi connectivity index (χ3n) is 4.82. The van der Waals surface area contributed by atoms with Crippen LogP contribution in [0, 0.1) is 0 Å². The zero-order chi connectivity index (χ0) is 18.5. The number of nitrogens with one attached hydrogen (secondary N) is 1. The van der Waals surface area contributed by atoms with Crippen molar-refractivity contribution in [2.45, 2.75) is 43.6 Å². The van der Waals surface area contributed by atoms with Gasteiger partial charge in [-0.2, -0.15) is 0 Å². The molecule has 26 heavy (non-hydrogen) atoms. The normalized spacial score (nSPS) is 29.2. The molecule has 2 aliphatic heterocycles. The van der Waals surface area contributed by atoms with Gasteiger partial charge in [0.05, 0.1) is 37.9 Å². The van der Waals surface area contributed by atoms with Crippen LogP contribution in [0.5, 0.6) is 0 Å². The summed E-state index contributed by atoms with van der Waals surface area (Å²) < 4.78 is 11.6. The van der Waals surface area contributed by atoms with Crippen molar-refractivity contribution in [3.63, 3.8) is 0 Å². The fraction of sp³-hybridized carbons (Fsp3) is 0.611. The molecule has 4 atom stereocenters. The van der Waals surface area contributed by atoms with Crippen LogP contribution in [-0.2, 0) is 14.3 Å². The minimum atomic E-state index is -0.757. The smallest absolute Gasteiger partial charge is 0.272 e. The van der Waals surface area contributed by atoms with E-state index >= 15 is 0 Å². The Morgan fingerprint density at radius 2 is 2.19 bits per heavy atom. The molecule has 142 valence electrons. The maximum Gasteiger partial charge on any atom is 0.272 e. The van der Waals surface area contributed by atoms with Gasteiger partial charge in [-0.15, -0.1) is 0 Å². The number of carbonyl (C=O) groups is 2.